The molecule has 7 heteroatoms. The number of carboxylic acids is 1. The molecule has 1 unspecified atom stereocenters. The van der Waals surface area contributed by atoms with Crippen molar-refractivity contribution in [2.75, 3.05) is 0 Å². The van der Waals surface area contributed by atoms with Crippen molar-refractivity contribution in [3.05, 3.63) is 39.1 Å². The second-order valence-corrected chi connectivity index (χ2v) is 4.70. The number of hydrogen-bond donors (Lipinski definition) is 3. The summed E-state index contributed by atoms with van der Waals surface area (Å²) in [6.07, 6.45) is 5.29. The molecule has 0 amide bonds. The van der Waals surface area contributed by atoms with E-state index >= 15 is 0 Å². The minimum absolute atomic E-state index is 0.00257. The molecule has 4 N–H and O–H groups in total. The van der Waals surface area contributed by atoms with Gasteiger partial charge < -0.3 is 15.8 Å². The van der Waals surface area contributed by atoms with Crippen LogP contribution in [0, 0.1) is 29.4 Å². The van der Waals surface area contributed by atoms with E-state index in [-0.39, 0.29) is 12.1 Å². The predicted molar refractivity (Wildman–Crippen MR) is 76.9 cm³/mol. The van der Waals surface area contributed by atoms with Gasteiger partial charge in [0.05, 0.1) is 15.8 Å². The second-order valence-electron chi connectivity index (χ2n) is 4.70. The van der Waals surface area contributed by atoms with Crippen molar-refractivity contribution in [1.29, 1.82) is 0 Å². The second kappa shape index (κ2) is 5.26. The Morgan fingerprint density at radius 2 is 2.29 bits per heavy atom. The van der Waals surface area contributed by atoms with E-state index in [4.69, 9.17) is 17.3 Å². The van der Waals surface area contributed by atoms with Crippen LogP contribution >= 0.6 is 0 Å². The number of non-ortho nitro benzene ring substituents is 1. The molecular formula is C14H13N3O4. The van der Waals surface area contributed by atoms with Crippen molar-refractivity contribution < 1.29 is 14.8 Å². The van der Waals surface area contributed by atoms with E-state index in [2.05, 4.69) is 10.9 Å². The number of nitrogens with two attached hydrogens (primary N) is 1. The van der Waals surface area contributed by atoms with Gasteiger partial charge in [-0.25, -0.2) is 0 Å². The van der Waals surface area contributed by atoms with Crippen LogP contribution in [0.3, 0.4) is 0 Å². The number of carboxylic acid groups (broad SMARTS) is 1. The first-order valence-corrected chi connectivity index (χ1v) is 6.09. The smallest absolute Gasteiger partial charge is 0.320 e. The summed E-state index contributed by atoms with van der Waals surface area (Å²) in [4.78, 5) is 24.6. The summed E-state index contributed by atoms with van der Waals surface area (Å²) in [7, 11) is 0. The maximum atomic E-state index is 11.2. The van der Waals surface area contributed by atoms with E-state index in [1.807, 2.05) is 0 Å². The predicted octanol–water partition coefficient (Wildman–Crippen LogP) is 1.32. The molecule has 0 bridgehead atoms. The third-order valence-electron chi connectivity index (χ3n) is 3.30. The molecule has 21 heavy (non-hydrogen) atoms. The van der Waals surface area contributed by atoms with Gasteiger partial charge >= 0.3 is 5.97 Å². The summed E-state index contributed by atoms with van der Waals surface area (Å²) >= 11 is 0. The highest BCUT2D eigenvalue weighted by Gasteiger charge is 2.23. The number of rotatable bonds is 4. The minimum atomic E-state index is -1.16. The topological polar surface area (TPSA) is 122 Å². The van der Waals surface area contributed by atoms with Crippen LogP contribution in [-0.4, -0.2) is 27.0 Å². The Morgan fingerprint density at radius 3 is 2.81 bits per heavy atom. The highest BCUT2D eigenvalue weighted by atomic mass is 16.6. The Kier molecular flexibility index (Phi) is 3.65. The number of H-pyrrole nitrogens is 1. The first-order chi connectivity index (χ1) is 9.85. The van der Waals surface area contributed by atoms with Gasteiger partial charge in [0.15, 0.2) is 0 Å². The number of terminal acetylenes is 1. The van der Waals surface area contributed by atoms with Gasteiger partial charge in [0, 0.05) is 23.7 Å². The standard InChI is InChI=1S/C14H13N3O4/c1-3-8-4-11-13(12(5-8)17(20)21)9(7(2)16-11)6-10(15)14(18)19/h1,4-5,10,16H,6,15H2,2H3,(H,18,19). The summed E-state index contributed by atoms with van der Waals surface area (Å²) in [5.41, 5.74) is 7.42. The summed E-state index contributed by atoms with van der Waals surface area (Å²) in [6, 6.07) is 1.78. The zero-order valence-corrected chi connectivity index (χ0v) is 11.2. The van der Waals surface area contributed by atoms with Crippen molar-refractivity contribution in [3.8, 4) is 12.3 Å². The van der Waals surface area contributed by atoms with E-state index in [0.717, 1.165) is 0 Å². The van der Waals surface area contributed by atoms with E-state index in [1.54, 1.807) is 13.0 Å². The number of aryl methyl sites for hydroxylation is 1. The first-order valence-electron chi connectivity index (χ1n) is 6.09. The van der Waals surface area contributed by atoms with Gasteiger partial charge in [0.25, 0.3) is 5.69 Å². The van der Waals surface area contributed by atoms with Crippen LogP contribution in [0.2, 0.25) is 0 Å². The van der Waals surface area contributed by atoms with Gasteiger partial charge in [0.2, 0.25) is 0 Å². The molecule has 0 aliphatic rings. The Bertz CT molecular complexity index is 786. The number of aliphatic carboxylic acids is 1. The molecule has 2 aromatic rings. The number of aromatic nitrogens is 1. The minimum Gasteiger partial charge on any atom is -0.480 e. The quantitative estimate of drug-likeness (QED) is 0.444. The van der Waals surface area contributed by atoms with Gasteiger partial charge in [0.1, 0.15) is 6.04 Å². The fourth-order valence-corrected chi connectivity index (χ4v) is 2.30. The maximum absolute atomic E-state index is 11.2. The molecule has 1 heterocycles. The molecule has 0 spiro atoms. The third-order valence-corrected chi connectivity index (χ3v) is 3.30. The molecule has 1 aromatic heterocycles. The monoisotopic (exact) mass is 287 g/mol. The number of nitro groups is 1. The molecule has 7 nitrogen and oxygen atoms in total. The molecule has 2 rings (SSSR count). The normalized spacial score (nSPS) is 12.0. The van der Waals surface area contributed by atoms with Crippen LogP contribution in [0.15, 0.2) is 12.1 Å². The van der Waals surface area contributed by atoms with Crippen LogP contribution in [0.5, 0.6) is 0 Å². The number of nitrogens with zero attached hydrogens (tertiary/aromatic N) is 1. The summed E-state index contributed by atoms with van der Waals surface area (Å²) in [5, 5.41) is 20.5. The first kappa shape index (κ1) is 14.6. The number of nitrogens with one attached hydrogen (secondary N) is 1. The van der Waals surface area contributed by atoms with E-state index < -0.39 is 16.9 Å². The number of aromatic amines is 1. The van der Waals surface area contributed by atoms with Gasteiger partial charge in [-0.3, -0.25) is 14.9 Å². The number of fused-ring (bicyclic) bond motifs is 1. The third kappa shape index (κ3) is 2.57. The van der Waals surface area contributed by atoms with Crippen LogP contribution in [0.25, 0.3) is 10.9 Å². The molecular weight excluding hydrogens is 274 g/mol. The van der Waals surface area contributed by atoms with Gasteiger partial charge in [-0.2, -0.15) is 0 Å². The average molecular weight is 287 g/mol. The molecule has 0 aliphatic carbocycles. The molecule has 0 saturated heterocycles. The highest BCUT2D eigenvalue weighted by molar-refractivity contribution is 5.94. The zero-order valence-electron chi connectivity index (χ0n) is 11.2. The fraction of sp³-hybridized carbons (Fsp3) is 0.214. The lowest BCUT2D eigenvalue weighted by Crippen LogP contribution is -2.32. The van der Waals surface area contributed by atoms with Crippen LogP contribution in [-0.2, 0) is 11.2 Å². The lowest BCUT2D eigenvalue weighted by molar-refractivity contribution is -0.383. The van der Waals surface area contributed by atoms with Gasteiger partial charge in [-0.1, -0.05) is 5.92 Å². The number of hydrogen-bond acceptors (Lipinski definition) is 4. The maximum Gasteiger partial charge on any atom is 0.320 e. The zero-order chi connectivity index (χ0) is 15.7. The van der Waals surface area contributed by atoms with Crippen molar-refractivity contribution >= 4 is 22.6 Å². The average Bonchev–Trinajstić information content (AvgIpc) is 2.73. The summed E-state index contributed by atoms with van der Waals surface area (Å²) in [5.74, 6) is 1.20. The van der Waals surface area contributed by atoms with Crippen LogP contribution in [0.4, 0.5) is 5.69 Å². The van der Waals surface area contributed by atoms with Gasteiger partial charge in [-0.05, 0) is 18.6 Å². The fourth-order valence-electron chi connectivity index (χ4n) is 2.30. The Morgan fingerprint density at radius 1 is 1.62 bits per heavy atom. The number of nitro benzene ring substituents is 1. The van der Waals surface area contributed by atoms with E-state index in [1.165, 1.54) is 6.07 Å². The molecule has 0 fully saturated rings. The van der Waals surface area contributed by atoms with Crippen LogP contribution < -0.4 is 5.73 Å². The van der Waals surface area contributed by atoms with Crippen molar-refractivity contribution in [2.45, 2.75) is 19.4 Å². The largest absolute Gasteiger partial charge is 0.480 e. The highest BCUT2D eigenvalue weighted by Crippen LogP contribution is 2.32. The lowest BCUT2D eigenvalue weighted by atomic mass is 10.0. The molecule has 108 valence electrons. The van der Waals surface area contributed by atoms with Gasteiger partial charge in [-0.15, -0.1) is 6.42 Å². The molecule has 0 aliphatic heterocycles. The molecule has 1 atom stereocenters. The number of benzene rings is 1. The Hall–Kier alpha value is -2.85. The van der Waals surface area contributed by atoms with Crippen LogP contribution in [0.1, 0.15) is 16.8 Å². The molecule has 0 saturated carbocycles. The lowest BCUT2D eigenvalue weighted by Gasteiger charge is -2.07. The summed E-state index contributed by atoms with van der Waals surface area (Å²) < 4.78 is 0. The molecule has 1 aromatic carbocycles. The Balaban J connectivity index is 2.72. The van der Waals surface area contributed by atoms with Crippen molar-refractivity contribution in [2.24, 2.45) is 5.73 Å². The molecule has 0 radical (unpaired) electrons. The SMILES string of the molecule is C#Cc1cc([N+](=O)[O-])c2c(CC(N)C(=O)O)c(C)[nH]c2c1. The summed E-state index contributed by atoms with van der Waals surface area (Å²) in [6.45, 7) is 1.71. The number of carbonyl (C=O) groups is 1. The Labute approximate surface area is 119 Å². The van der Waals surface area contributed by atoms with E-state index in [9.17, 15) is 14.9 Å². The van der Waals surface area contributed by atoms with Crippen molar-refractivity contribution in [1.82, 2.24) is 4.98 Å². The van der Waals surface area contributed by atoms with E-state index in [0.29, 0.717) is 27.7 Å². The van der Waals surface area contributed by atoms with Crippen molar-refractivity contribution in [3.63, 3.8) is 0 Å².